The Labute approximate surface area is 162 Å². The van der Waals surface area contributed by atoms with Gasteiger partial charge in [0.2, 0.25) is 0 Å². The fourth-order valence-electron chi connectivity index (χ4n) is 4.13. The Bertz CT molecular complexity index is 862. The lowest BCUT2D eigenvalue weighted by molar-refractivity contribution is 0.00305. The van der Waals surface area contributed by atoms with E-state index in [0.717, 1.165) is 40.6 Å². The molecule has 0 bridgehead atoms. The van der Waals surface area contributed by atoms with Gasteiger partial charge < -0.3 is 14.9 Å². The number of likely N-dealkylation sites (tertiary alicyclic amines) is 1. The van der Waals surface area contributed by atoms with E-state index >= 15 is 0 Å². The summed E-state index contributed by atoms with van der Waals surface area (Å²) in [5.41, 5.74) is 4.08. The third kappa shape index (κ3) is 4.14. The lowest BCUT2D eigenvalue weighted by Crippen LogP contribution is -2.41. The van der Waals surface area contributed by atoms with Crippen LogP contribution in [0, 0.1) is 20.8 Å². The normalized spacial score (nSPS) is 20.9. The maximum atomic E-state index is 13.4. The first-order valence-electron chi connectivity index (χ1n) is 9.74. The maximum Gasteiger partial charge on any atom is 0.254 e. The summed E-state index contributed by atoms with van der Waals surface area (Å²) in [5, 5.41) is 11.8. The molecule has 3 rings (SSSR count). The van der Waals surface area contributed by atoms with Crippen LogP contribution >= 0.6 is 0 Å². The molecule has 27 heavy (non-hydrogen) atoms. The van der Waals surface area contributed by atoms with E-state index in [4.69, 9.17) is 0 Å². The highest BCUT2D eigenvalue weighted by molar-refractivity contribution is 6.07. The summed E-state index contributed by atoms with van der Waals surface area (Å²) in [6, 6.07) is 5.97. The average molecular weight is 370 g/mol. The van der Waals surface area contributed by atoms with E-state index in [2.05, 4.69) is 24.9 Å². The molecule has 1 amide bonds. The maximum absolute atomic E-state index is 13.4. The number of aryl methyl sites for hydroxylation is 3. The minimum atomic E-state index is -0.720. The van der Waals surface area contributed by atoms with Crippen LogP contribution in [-0.2, 0) is 0 Å². The molecule has 2 heterocycles. The standard InChI is InChI=1S/C22H31N3O2/c1-15-7-8-18-19(13-16(2)23-20(18)17(15)3)21(26)25-11-6-9-22(27,10-12-25)14-24(4)5/h7-8,13,27H,6,9-12,14H2,1-5H3. The first kappa shape index (κ1) is 19.8. The highest BCUT2D eigenvalue weighted by atomic mass is 16.3. The summed E-state index contributed by atoms with van der Waals surface area (Å²) in [6.07, 6.45) is 2.15. The second-order valence-electron chi connectivity index (χ2n) is 8.32. The molecule has 1 unspecified atom stereocenters. The highest BCUT2D eigenvalue weighted by Crippen LogP contribution is 2.28. The molecule has 1 aromatic heterocycles. The Hall–Kier alpha value is -1.98. The minimum absolute atomic E-state index is 0.0443. The summed E-state index contributed by atoms with van der Waals surface area (Å²) in [6.45, 7) is 7.96. The molecular formula is C22H31N3O2. The van der Waals surface area contributed by atoms with E-state index in [1.807, 2.05) is 43.0 Å². The van der Waals surface area contributed by atoms with Crippen LogP contribution in [0.25, 0.3) is 10.9 Å². The van der Waals surface area contributed by atoms with Gasteiger partial charge in [0.1, 0.15) is 0 Å². The molecule has 0 aliphatic carbocycles. The van der Waals surface area contributed by atoms with Crippen LogP contribution in [0.4, 0.5) is 0 Å². The predicted molar refractivity (Wildman–Crippen MR) is 109 cm³/mol. The van der Waals surface area contributed by atoms with Crippen molar-refractivity contribution in [2.24, 2.45) is 0 Å². The van der Waals surface area contributed by atoms with Crippen LogP contribution in [0.15, 0.2) is 18.2 Å². The Morgan fingerprint density at radius 2 is 1.96 bits per heavy atom. The summed E-state index contributed by atoms with van der Waals surface area (Å²) in [5.74, 6) is 0.0443. The van der Waals surface area contributed by atoms with E-state index in [9.17, 15) is 9.90 Å². The van der Waals surface area contributed by atoms with Crippen molar-refractivity contribution in [3.05, 3.63) is 40.6 Å². The summed E-state index contributed by atoms with van der Waals surface area (Å²) in [4.78, 5) is 22.0. The van der Waals surface area contributed by atoms with Gasteiger partial charge >= 0.3 is 0 Å². The van der Waals surface area contributed by atoms with Gasteiger partial charge in [0.15, 0.2) is 0 Å². The number of carbonyl (C=O) groups is 1. The topological polar surface area (TPSA) is 56.7 Å². The summed E-state index contributed by atoms with van der Waals surface area (Å²) < 4.78 is 0. The summed E-state index contributed by atoms with van der Waals surface area (Å²) >= 11 is 0. The van der Waals surface area contributed by atoms with E-state index in [-0.39, 0.29) is 5.91 Å². The average Bonchev–Trinajstić information content (AvgIpc) is 2.78. The SMILES string of the molecule is Cc1cc(C(=O)N2CCCC(O)(CN(C)C)CC2)c2ccc(C)c(C)c2n1. The fraction of sp³-hybridized carbons (Fsp3) is 0.545. The molecule has 0 spiro atoms. The number of rotatable bonds is 3. The number of hydrogen-bond donors (Lipinski definition) is 1. The van der Waals surface area contributed by atoms with Crippen LogP contribution < -0.4 is 0 Å². The number of aliphatic hydroxyl groups is 1. The van der Waals surface area contributed by atoms with Crippen LogP contribution in [0.3, 0.4) is 0 Å². The Kier molecular flexibility index (Phi) is 5.54. The Balaban J connectivity index is 1.91. The number of aromatic nitrogens is 1. The lowest BCUT2D eigenvalue weighted by atomic mass is 9.94. The number of hydrogen-bond acceptors (Lipinski definition) is 4. The van der Waals surface area contributed by atoms with E-state index in [0.29, 0.717) is 26.1 Å². The van der Waals surface area contributed by atoms with Crippen molar-refractivity contribution >= 4 is 16.8 Å². The zero-order valence-corrected chi connectivity index (χ0v) is 17.2. The number of pyridine rings is 1. The molecule has 1 aliphatic rings. The smallest absolute Gasteiger partial charge is 0.254 e. The second kappa shape index (κ2) is 7.56. The van der Waals surface area contributed by atoms with Crippen molar-refractivity contribution in [2.45, 2.75) is 45.6 Å². The van der Waals surface area contributed by atoms with Gasteiger partial charge in [-0.05, 0) is 71.3 Å². The van der Waals surface area contributed by atoms with Gasteiger partial charge in [-0.2, -0.15) is 0 Å². The van der Waals surface area contributed by atoms with Crippen molar-refractivity contribution in [1.29, 1.82) is 0 Å². The molecule has 0 radical (unpaired) electrons. The van der Waals surface area contributed by atoms with Gasteiger partial charge in [0.25, 0.3) is 5.91 Å². The van der Waals surface area contributed by atoms with E-state index in [1.54, 1.807) is 0 Å². The third-order valence-electron chi connectivity index (χ3n) is 5.68. The molecule has 5 heteroatoms. The van der Waals surface area contributed by atoms with Crippen LogP contribution in [-0.4, -0.2) is 65.1 Å². The first-order valence-corrected chi connectivity index (χ1v) is 9.74. The van der Waals surface area contributed by atoms with Crippen molar-refractivity contribution in [1.82, 2.24) is 14.8 Å². The number of benzene rings is 1. The van der Waals surface area contributed by atoms with Crippen molar-refractivity contribution in [2.75, 3.05) is 33.7 Å². The molecule has 1 aromatic carbocycles. The molecule has 1 fully saturated rings. The van der Waals surface area contributed by atoms with Gasteiger partial charge in [-0.1, -0.05) is 12.1 Å². The Morgan fingerprint density at radius 1 is 1.22 bits per heavy atom. The van der Waals surface area contributed by atoms with Crippen LogP contribution in [0.5, 0.6) is 0 Å². The molecule has 146 valence electrons. The molecular weight excluding hydrogens is 338 g/mol. The van der Waals surface area contributed by atoms with Crippen LogP contribution in [0.1, 0.15) is 46.4 Å². The van der Waals surface area contributed by atoms with Gasteiger partial charge in [-0.3, -0.25) is 9.78 Å². The zero-order valence-electron chi connectivity index (χ0n) is 17.2. The van der Waals surface area contributed by atoms with E-state index in [1.165, 1.54) is 5.56 Å². The van der Waals surface area contributed by atoms with Crippen LogP contribution in [0.2, 0.25) is 0 Å². The number of nitrogens with zero attached hydrogens (tertiary/aromatic N) is 3. The fourth-order valence-corrected chi connectivity index (χ4v) is 4.13. The monoisotopic (exact) mass is 369 g/mol. The van der Waals surface area contributed by atoms with Gasteiger partial charge in [0.05, 0.1) is 16.7 Å². The van der Waals surface area contributed by atoms with Gasteiger partial charge in [-0.25, -0.2) is 0 Å². The molecule has 1 atom stereocenters. The zero-order chi connectivity index (χ0) is 19.8. The highest BCUT2D eigenvalue weighted by Gasteiger charge is 2.32. The minimum Gasteiger partial charge on any atom is -0.388 e. The molecule has 5 nitrogen and oxygen atoms in total. The van der Waals surface area contributed by atoms with Crippen molar-refractivity contribution < 1.29 is 9.90 Å². The molecule has 1 aliphatic heterocycles. The predicted octanol–water partition coefficient (Wildman–Crippen LogP) is 3.08. The number of fused-ring (bicyclic) bond motifs is 1. The van der Waals surface area contributed by atoms with Gasteiger partial charge in [0, 0.05) is 30.7 Å². The van der Waals surface area contributed by atoms with Crippen molar-refractivity contribution in [3.8, 4) is 0 Å². The first-order chi connectivity index (χ1) is 12.7. The lowest BCUT2D eigenvalue weighted by Gasteiger charge is -2.30. The third-order valence-corrected chi connectivity index (χ3v) is 5.68. The Morgan fingerprint density at radius 3 is 2.67 bits per heavy atom. The number of likely N-dealkylation sites (N-methyl/N-ethyl adjacent to an activating group) is 1. The van der Waals surface area contributed by atoms with E-state index < -0.39 is 5.60 Å². The largest absolute Gasteiger partial charge is 0.388 e. The number of carbonyl (C=O) groups excluding carboxylic acids is 1. The molecule has 1 saturated heterocycles. The van der Waals surface area contributed by atoms with Gasteiger partial charge in [-0.15, -0.1) is 0 Å². The summed E-state index contributed by atoms with van der Waals surface area (Å²) in [7, 11) is 3.95. The molecule has 1 N–H and O–H groups in total. The quantitative estimate of drug-likeness (QED) is 0.903. The number of amides is 1. The van der Waals surface area contributed by atoms with Crippen molar-refractivity contribution in [3.63, 3.8) is 0 Å². The molecule has 0 saturated carbocycles. The second-order valence-corrected chi connectivity index (χ2v) is 8.32. The molecule has 2 aromatic rings.